The number of aromatic nitrogens is 2. The van der Waals surface area contributed by atoms with Crippen LogP contribution < -0.4 is 0 Å². The summed E-state index contributed by atoms with van der Waals surface area (Å²) in [5.41, 5.74) is 0.922. The molecule has 0 bridgehead atoms. The number of carbonyl (C=O) groups excluding carboxylic acids is 1. The van der Waals surface area contributed by atoms with Gasteiger partial charge in [-0.1, -0.05) is 0 Å². The predicted molar refractivity (Wildman–Crippen MR) is 62.6 cm³/mol. The molecule has 0 spiro atoms. The van der Waals surface area contributed by atoms with Gasteiger partial charge in [-0.3, -0.25) is 4.40 Å². The Bertz CT molecular complexity index is 761. The van der Waals surface area contributed by atoms with E-state index >= 15 is 0 Å². The predicted octanol–water partition coefficient (Wildman–Crippen LogP) is 2.61. The van der Waals surface area contributed by atoms with Crippen molar-refractivity contribution in [2.75, 3.05) is 0 Å². The van der Waals surface area contributed by atoms with Crippen LogP contribution in [0.5, 0.6) is 0 Å². The zero-order valence-electron chi connectivity index (χ0n) is 9.64. The molecule has 0 saturated carbocycles. The lowest BCUT2D eigenvalue weighted by atomic mass is 10.1. The summed E-state index contributed by atoms with van der Waals surface area (Å²) in [7, 11) is 0. The van der Waals surface area contributed by atoms with Gasteiger partial charge in [0.2, 0.25) is 0 Å². The highest BCUT2D eigenvalue weighted by molar-refractivity contribution is 5.69. The van der Waals surface area contributed by atoms with Gasteiger partial charge in [0.1, 0.15) is 24.2 Å². The number of imidazole rings is 1. The van der Waals surface area contributed by atoms with Gasteiger partial charge >= 0.3 is 5.84 Å². The first-order valence-electron chi connectivity index (χ1n) is 5.54. The van der Waals surface area contributed by atoms with Crippen molar-refractivity contribution in [3.8, 4) is 11.3 Å². The van der Waals surface area contributed by atoms with Gasteiger partial charge in [-0.15, -0.1) is 0 Å². The molecular weight excluding hydrogens is 254 g/mol. The monoisotopic (exact) mass is 262 g/mol. The normalized spacial score (nSPS) is 11.1. The Morgan fingerprint density at radius 1 is 1.37 bits per heavy atom. The van der Waals surface area contributed by atoms with E-state index in [4.69, 9.17) is 4.42 Å². The molecule has 0 amide bonds. The molecule has 0 unspecified atom stereocenters. The molecule has 3 aromatic rings. The Morgan fingerprint density at radius 3 is 2.95 bits per heavy atom. The summed E-state index contributed by atoms with van der Waals surface area (Å²) in [5.74, 6) is -1.13. The van der Waals surface area contributed by atoms with E-state index < -0.39 is 11.6 Å². The van der Waals surface area contributed by atoms with Crippen LogP contribution in [0.25, 0.3) is 17.1 Å². The van der Waals surface area contributed by atoms with E-state index in [1.54, 1.807) is 10.6 Å². The van der Waals surface area contributed by atoms with E-state index in [2.05, 4.69) is 4.98 Å². The number of carbonyl (C=O) groups is 1. The van der Waals surface area contributed by atoms with E-state index in [1.165, 1.54) is 12.3 Å². The number of halogens is 2. The minimum atomic E-state index is -0.729. The largest absolute Gasteiger partial charge is 0.432 e. The molecular formula is C13H8F2N2O2. The first-order valence-corrected chi connectivity index (χ1v) is 5.54. The summed E-state index contributed by atoms with van der Waals surface area (Å²) < 4.78 is 33.4. The molecule has 0 N–H and O–H groups in total. The van der Waals surface area contributed by atoms with Crippen molar-refractivity contribution in [3.63, 3.8) is 0 Å². The van der Waals surface area contributed by atoms with Gasteiger partial charge < -0.3 is 9.21 Å². The molecule has 0 atom stereocenters. The molecule has 6 heteroatoms. The third-order valence-electron chi connectivity index (χ3n) is 2.82. The molecule has 0 radical (unpaired) electrons. The Kier molecular flexibility index (Phi) is 2.63. The maximum atomic E-state index is 13.8. The summed E-state index contributed by atoms with van der Waals surface area (Å²) in [5, 5.41) is 0. The first-order chi connectivity index (χ1) is 9.20. The molecule has 0 aliphatic rings. The Hall–Kier alpha value is -2.50. The van der Waals surface area contributed by atoms with E-state index in [-0.39, 0.29) is 23.5 Å². The zero-order chi connectivity index (χ0) is 13.4. The van der Waals surface area contributed by atoms with Crippen molar-refractivity contribution >= 4 is 12.1 Å². The van der Waals surface area contributed by atoms with Crippen molar-refractivity contribution in [1.29, 1.82) is 0 Å². The fraction of sp³-hybridized carbons (Fsp3) is 0.0769. The quantitative estimate of drug-likeness (QED) is 0.682. The molecule has 0 fully saturated rings. The lowest BCUT2D eigenvalue weighted by Crippen LogP contribution is -1.96. The van der Waals surface area contributed by atoms with Gasteiger partial charge in [0.15, 0.2) is 0 Å². The third kappa shape index (κ3) is 1.81. The molecule has 96 valence electrons. The van der Waals surface area contributed by atoms with Gasteiger partial charge in [0, 0.05) is 24.2 Å². The van der Waals surface area contributed by atoms with Gasteiger partial charge in [-0.2, -0.15) is 4.98 Å². The number of hydrogen-bond donors (Lipinski definition) is 0. The zero-order valence-corrected chi connectivity index (χ0v) is 9.64. The van der Waals surface area contributed by atoms with Crippen LogP contribution in [-0.4, -0.2) is 15.7 Å². The number of hydrogen-bond acceptors (Lipinski definition) is 3. The standard InChI is InChI=1S/C13H8F2N2O2/c14-8-1-2-9(10(15)7-8)12-11(3-5-18)17-4-6-19-13(17)16-12/h1-2,4-7H,3H2. The second kappa shape index (κ2) is 4.31. The summed E-state index contributed by atoms with van der Waals surface area (Å²) in [6.07, 6.45) is 3.77. The van der Waals surface area contributed by atoms with Crippen molar-refractivity contribution in [2.45, 2.75) is 6.42 Å². The molecule has 4 nitrogen and oxygen atoms in total. The molecule has 0 saturated heterocycles. The van der Waals surface area contributed by atoms with Gasteiger partial charge in [0.05, 0.1) is 11.4 Å². The smallest absolute Gasteiger partial charge is 0.306 e. The summed E-state index contributed by atoms with van der Waals surface area (Å²) in [6, 6.07) is 3.21. The van der Waals surface area contributed by atoms with Crippen LogP contribution in [0.3, 0.4) is 0 Å². The molecule has 19 heavy (non-hydrogen) atoms. The van der Waals surface area contributed by atoms with Crippen molar-refractivity contribution in [3.05, 3.63) is 48.0 Å². The second-order valence-electron chi connectivity index (χ2n) is 3.96. The van der Waals surface area contributed by atoms with Crippen LogP contribution in [-0.2, 0) is 11.2 Å². The van der Waals surface area contributed by atoms with E-state index in [9.17, 15) is 13.6 Å². The number of benzene rings is 1. The van der Waals surface area contributed by atoms with Crippen LogP contribution in [0.4, 0.5) is 8.78 Å². The lowest BCUT2D eigenvalue weighted by Gasteiger charge is -2.02. The molecule has 1 aromatic carbocycles. The van der Waals surface area contributed by atoms with Gasteiger partial charge in [0.25, 0.3) is 0 Å². The molecule has 2 heterocycles. The highest BCUT2D eigenvalue weighted by atomic mass is 19.1. The molecule has 0 aliphatic heterocycles. The van der Waals surface area contributed by atoms with E-state index in [0.29, 0.717) is 12.0 Å². The van der Waals surface area contributed by atoms with Crippen LogP contribution >= 0.6 is 0 Å². The number of nitrogens with zero attached hydrogens (tertiary/aromatic N) is 2. The Morgan fingerprint density at radius 2 is 2.21 bits per heavy atom. The topological polar surface area (TPSA) is 47.5 Å². The first kappa shape index (κ1) is 11.6. The highest BCUT2D eigenvalue weighted by Crippen LogP contribution is 2.27. The van der Waals surface area contributed by atoms with Crippen molar-refractivity contribution < 1.29 is 18.0 Å². The minimum Gasteiger partial charge on any atom is -0.432 e. The van der Waals surface area contributed by atoms with Crippen LogP contribution in [0, 0.1) is 11.6 Å². The summed E-state index contributed by atoms with van der Waals surface area (Å²) >= 11 is 0. The van der Waals surface area contributed by atoms with Gasteiger partial charge in [-0.05, 0) is 12.1 Å². The average Bonchev–Trinajstić information content (AvgIpc) is 2.93. The molecule has 0 aliphatic carbocycles. The summed E-state index contributed by atoms with van der Waals surface area (Å²) in [6.45, 7) is 0. The Balaban J connectivity index is 2.25. The third-order valence-corrected chi connectivity index (χ3v) is 2.82. The van der Waals surface area contributed by atoms with E-state index in [1.807, 2.05) is 0 Å². The fourth-order valence-corrected chi connectivity index (χ4v) is 2.00. The molecule has 3 rings (SSSR count). The SMILES string of the molecule is O=CCc1c(-c2ccc(F)cc2F)nc2occn12. The number of aldehydes is 1. The lowest BCUT2D eigenvalue weighted by molar-refractivity contribution is -0.107. The van der Waals surface area contributed by atoms with Crippen LogP contribution in [0.1, 0.15) is 5.69 Å². The van der Waals surface area contributed by atoms with Gasteiger partial charge in [-0.25, -0.2) is 8.78 Å². The van der Waals surface area contributed by atoms with Crippen LogP contribution in [0.15, 0.2) is 35.1 Å². The minimum absolute atomic E-state index is 0.0624. The van der Waals surface area contributed by atoms with E-state index in [0.717, 1.165) is 12.1 Å². The van der Waals surface area contributed by atoms with Crippen molar-refractivity contribution in [1.82, 2.24) is 9.38 Å². The average molecular weight is 262 g/mol. The maximum Gasteiger partial charge on any atom is 0.306 e. The number of fused-ring (bicyclic) bond motifs is 1. The maximum absolute atomic E-state index is 13.8. The number of oxazole rings is 1. The second-order valence-corrected chi connectivity index (χ2v) is 3.96. The van der Waals surface area contributed by atoms with Crippen molar-refractivity contribution in [2.24, 2.45) is 0 Å². The Labute approximate surface area is 106 Å². The molecule has 2 aromatic heterocycles. The number of rotatable bonds is 3. The van der Waals surface area contributed by atoms with Crippen LogP contribution in [0.2, 0.25) is 0 Å². The fourth-order valence-electron chi connectivity index (χ4n) is 2.00. The summed E-state index contributed by atoms with van der Waals surface area (Å²) in [4.78, 5) is 14.9. The highest BCUT2D eigenvalue weighted by Gasteiger charge is 2.18.